The van der Waals surface area contributed by atoms with Crippen LogP contribution in [0.1, 0.15) is 56.3 Å². The van der Waals surface area contributed by atoms with Crippen LogP contribution in [0.25, 0.3) is 0 Å². The molecule has 1 aromatic carbocycles. The molecule has 0 spiro atoms. The summed E-state index contributed by atoms with van der Waals surface area (Å²) in [5.41, 5.74) is 0.428. The molecule has 1 N–H and O–H groups in total. The molecule has 2 rings (SSSR count). The summed E-state index contributed by atoms with van der Waals surface area (Å²) in [6.07, 6.45) is 3.54. The van der Waals surface area contributed by atoms with Gasteiger partial charge in [-0.15, -0.1) is 0 Å². The van der Waals surface area contributed by atoms with Crippen LogP contribution in [-0.4, -0.2) is 55.0 Å². The zero-order chi connectivity index (χ0) is 21.2. The number of nitrogens with zero attached hydrogens (tertiary/aromatic N) is 1. The fourth-order valence-electron chi connectivity index (χ4n) is 3.04. The number of hydrogen-bond acceptors (Lipinski definition) is 5. The van der Waals surface area contributed by atoms with Crippen LogP contribution in [0.15, 0.2) is 22.7 Å². The van der Waals surface area contributed by atoms with Crippen molar-refractivity contribution in [2.75, 3.05) is 26.3 Å². The Morgan fingerprint density at radius 2 is 2.00 bits per heavy atom. The van der Waals surface area contributed by atoms with Crippen LogP contribution in [0.4, 0.5) is 0 Å². The van der Waals surface area contributed by atoms with Crippen LogP contribution in [-0.2, 0) is 14.3 Å². The summed E-state index contributed by atoms with van der Waals surface area (Å²) >= 11 is 3.43. The van der Waals surface area contributed by atoms with Gasteiger partial charge in [0.2, 0.25) is 5.91 Å². The standard InChI is InChI=1S/C21H29BrN2O5/c1-3-5-6-12-29-19(25)14-17-20(26)23-9-10-24(17)21(27)15-7-8-18(16(22)13-15)28-11-4-2/h7-8,13,17H,3-6,9-12,14H2,1-2H3,(H,23,26). The fourth-order valence-corrected chi connectivity index (χ4v) is 3.54. The molecular formula is C21H29BrN2O5. The number of amides is 2. The summed E-state index contributed by atoms with van der Waals surface area (Å²) in [4.78, 5) is 39.0. The van der Waals surface area contributed by atoms with E-state index in [4.69, 9.17) is 9.47 Å². The van der Waals surface area contributed by atoms with Gasteiger partial charge in [-0.1, -0.05) is 26.7 Å². The molecule has 0 radical (unpaired) electrons. The van der Waals surface area contributed by atoms with Gasteiger partial charge in [0.05, 0.1) is 24.1 Å². The van der Waals surface area contributed by atoms with Crippen molar-refractivity contribution in [3.63, 3.8) is 0 Å². The van der Waals surface area contributed by atoms with Crippen LogP contribution in [0.5, 0.6) is 5.75 Å². The highest BCUT2D eigenvalue weighted by molar-refractivity contribution is 9.10. The average Bonchev–Trinajstić information content (AvgIpc) is 2.71. The van der Waals surface area contributed by atoms with Crippen molar-refractivity contribution >= 4 is 33.7 Å². The van der Waals surface area contributed by atoms with Gasteiger partial charge >= 0.3 is 5.97 Å². The summed E-state index contributed by atoms with van der Waals surface area (Å²) in [5, 5.41) is 2.72. The van der Waals surface area contributed by atoms with Crippen molar-refractivity contribution in [1.29, 1.82) is 0 Å². The topological polar surface area (TPSA) is 84.9 Å². The maximum atomic E-state index is 13.0. The molecule has 2 amide bonds. The third kappa shape index (κ3) is 6.73. The SMILES string of the molecule is CCCCCOC(=O)CC1C(=O)NCCN1C(=O)c1ccc(OCCC)c(Br)c1. The highest BCUT2D eigenvalue weighted by atomic mass is 79.9. The number of ether oxygens (including phenoxy) is 2. The predicted octanol–water partition coefficient (Wildman–Crippen LogP) is 3.30. The van der Waals surface area contributed by atoms with Gasteiger partial charge in [0.1, 0.15) is 11.8 Å². The number of rotatable bonds is 10. The number of esters is 1. The molecule has 29 heavy (non-hydrogen) atoms. The number of piperazine rings is 1. The van der Waals surface area contributed by atoms with E-state index in [2.05, 4.69) is 28.2 Å². The van der Waals surface area contributed by atoms with Crippen LogP contribution in [0.3, 0.4) is 0 Å². The Kier molecular flexibility index (Phi) is 9.44. The highest BCUT2D eigenvalue weighted by Crippen LogP contribution is 2.27. The quantitative estimate of drug-likeness (QED) is 0.420. The summed E-state index contributed by atoms with van der Waals surface area (Å²) in [6.45, 7) is 5.69. The molecule has 0 aromatic heterocycles. The second kappa shape index (κ2) is 11.8. The van der Waals surface area contributed by atoms with E-state index in [1.165, 1.54) is 4.90 Å². The lowest BCUT2D eigenvalue weighted by molar-refractivity contribution is -0.147. The monoisotopic (exact) mass is 468 g/mol. The summed E-state index contributed by atoms with van der Waals surface area (Å²) in [7, 11) is 0. The first-order valence-electron chi connectivity index (χ1n) is 10.1. The lowest BCUT2D eigenvalue weighted by Crippen LogP contribution is -2.57. The Hall–Kier alpha value is -2.09. The average molecular weight is 469 g/mol. The zero-order valence-corrected chi connectivity index (χ0v) is 18.6. The minimum absolute atomic E-state index is 0.150. The van der Waals surface area contributed by atoms with E-state index in [0.717, 1.165) is 25.7 Å². The van der Waals surface area contributed by atoms with Gasteiger partial charge in [-0.25, -0.2) is 0 Å². The van der Waals surface area contributed by atoms with E-state index >= 15 is 0 Å². The third-order valence-corrected chi connectivity index (χ3v) is 5.22. The first-order chi connectivity index (χ1) is 14.0. The normalized spacial score (nSPS) is 16.3. The number of hydrogen-bond donors (Lipinski definition) is 1. The largest absolute Gasteiger partial charge is 0.492 e. The molecule has 7 nitrogen and oxygen atoms in total. The summed E-state index contributed by atoms with van der Waals surface area (Å²) in [6, 6.07) is 4.21. The number of carbonyl (C=O) groups is 3. The van der Waals surface area contributed by atoms with Crippen molar-refractivity contribution in [2.24, 2.45) is 0 Å². The molecule has 1 aliphatic rings. The molecule has 8 heteroatoms. The molecule has 1 saturated heterocycles. The van der Waals surface area contributed by atoms with Gasteiger partial charge < -0.3 is 19.7 Å². The Balaban J connectivity index is 2.07. The Bertz CT molecular complexity index is 725. The van der Waals surface area contributed by atoms with Crippen LogP contribution < -0.4 is 10.1 Å². The Morgan fingerprint density at radius 1 is 1.21 bits per heavy atom. The number of nitrogens with one attached hydrogen (secondary N) is 1. The molecule has 160 valence electrons. The minimum Gasteiger partial charge on any atom is -0.492 e. The van der Waals surface area contributed by atoms with E-state index in [-0.39, 0.29) is 18.2 Å². The number of unbranched alkanes of at least 4 members (excludes halogenated alkanes) is 2. The summed E-state index contributed by atoms with van der Waals surface area (Å²) < 4.78 is 11.5. The van der Waals surface area contributed by atoms with Crippen LogP contribution in [0.2, 0.25) is 0 Å². The van der Waals surface area contributed by atoms with Crippen molar-refractivity contribution in [3.05, 3.63) is 28.2 Å². The first kappa shape index (κ1) is 23.2. The van der Waals surface area contributed by atoms with Crippen molar-refractivity contribution in [1.82, 2.24) is 10.2 Å². The van der Waals surface area contributed by atoms with Gasteiger partial charge in [-0.2, -0.15) is 0 Å². The lowest BCUT2D eigenvalue weighted by atomic mass is 10.1. The minimum atomic E-state index is -0.871. The van der Waals surface area contributed by atoms with Crippen molar-refractivity contribution in [3.8, 4) is 5.75 Å². The van der Waals surface area contributed by atoms with E-state index < -0.39 is 12.0 Å². The number of benzene rings is 1. The maximum Gasteiger partial charge on any atom is 0.308 e. The van der Waals surface area contributed by atoms with Gasteiger partial charge in [-0.05, 0) is 47.0 Å². The van der Waals surface area contributed by atoms with Crippen LogP contribution >= 0.6 is 15.9 Å². The van der Waals surface area contributed by atoms with E-state index in [0.29, 0.717) is 42.1 Å². The first-order valence-corrected chi connectivity index (χ1v) is 10.9. The van der Waals surface area contributed by atoms with Crippen molar-refractivity contribution in [2.45, 2.75) is 52.0 Å². The molecule has 1 aliphatic heterocycles. The molecule has 0 saturated carbocycles. The second-order valence-corrected chi connectivity index (χ2v) is 7.79. The lowest BCUT2D eigenvalue weighted by Gasteiger charge is -2.34. The molecule has 0 aliphatic carbocycles. The Morgan fingerprint density at radius 3 is 2.69 bits per heavy atom. The number of carbonyl (C=O) groups excluding carboxylic acids is 3. The second-order valence-electron chi connectivity index (χ2n) is 6.93. The molecule has 1 heterocycles. The maximum absolute atomic E-state index is 13.0. The van der Waals surface area contributed by atoms with Gasteiger partial charge in [-0.3, -0.25) is 14.4 Å². The fraction of sp³-hybridized carbons (Fsp3) is 0.571. The third-order valence-electron chi connectivity index (χ3n) is 4.60. The molecule has 1 aromatic rings. The molecule has 1 fully saturated rings. The van der Waals surface area contributed by atoms with E-state index in [1.54, 1.807) is 18.2 Å². The highest BCUT2D eigenvalue weighted by Gasteiger charge is 2.35. The Labute approximate surface area is 180 Å². The number of halogens is 1. The smallest absolute Gasteiger partial charge is 0.308 e. The molecule has 1 atom stereocenters. The molecule has 0 bridgehead atoms. The van der Waals surface area contributed by atoms with E-state index in [1.807, 2.05) is 6.92 Å². The summed E-state index contributed by atoms with van der Waals surface area (Å²) in [5.74, 6) is -0.444. The molecule has 1 unspecified atom stereocenters. The van der Waals surface area contributed by atoms with Crippen LogP contribution in [0, 0.1) is 0 Å². The van der Waals surface area contributed by atoms with Gasteiger partial charge in [0.25, 0.3) is 5.91 Å². The van der Waals surface area contributed by atoms with Crippen molar-refractivity contribution < 1.29 is 23.9 Å². The molecular weight excluding hydrogens is 440 g/mol. The zero-order valence-electron chi connectivity index (χ0n) is 17.0. The van der Waals surface area contributed by atoms with Gasteiger partial charge in [0.15, 0.2) is 0 Å². The van der Waals surface area contributed by atoms with E-state index in [9.17, 15) is 14.4 Å². The predicted molar refractivity (Wildman–Crippen MR) is 113 cm³/mol. The van der Waals surface area contributed by atoms with Gasteiger partial charge in [0, 0.05) is 18.7 Å².